The van der Waals surface area contributed by atoms with Crippen LogP contribution < -0.4 is 0 Å². The Morgan fingerprint density at radius 3 is 2.36 bits per heavy atom. The zero-order valence-electron chi connectivity index (χ0n) is 15.2. The Morgan fingerprint density at radius 2 is 1.82 bits per heavy atom. The fourth-order valence-electron chi connectivity index (χ4n) is 4.01. The molecule has 3 unspecified atom stereocenters. The van der Waals surface area contributed by atoms with Gasteiger partial charge in [-0.15, -0.1) is 0 Å². The van der Waals surface area contributed by atoms with Gasteiger partial charge in [0.1, 0.15) is 0 Å². The van der Waals surface area contributed by atoms with Crippen molar-refractivity contribution in [3.05, 3.63) is 60.8 Å². The molecule has 1 aliphatic carbocycles. The summed E-state index contributed by atoms with van der Waals surface area (Å²) in [7, 11) is 0. The van der Waals surface area contributed by atoms with Gasteiger partial charge in [0.05, 0.1) is 0 Å². The van der Waals surface area contributed by atoms with Gasteiger partial charge in [0, 0.05) is 0 Å². The highest BCUT2D eigenvalue weighted by atomic mass is 14.4. The zero-order valence-corrected chi connectivity index (χ0v) is 15.2. The van der Waals surface area contributed by atoms with E-state index in [2.05, 4.69) is 72.1 Å². The van der Waals surface area contributed by atoms with E-state index in [-0.39, 0.29) is 5.41 Å². The van der Waals surface area contributed by atoms with Crippen molar-refractivity contribution in [2.24, 2.45) is 23.2 Å². The first-order chi connectivity index (χ1) is 10.4. The lowest BCUT2D eigenvalue weighted by molar-refractivity contribution is 0.135. The Hall–Kier alpha value is -1.30. The molecule has 3 atom stereocenters. The fourth-order valence-corrected chi connectivity index (χ4v) is 4.01. The topological polar surface area (TPSA) is 0 Å². The SMILES string of the molecule is C=C/C=C\C(=C/C)C(C)(C)C1CCC(C)C(/C(C)=C/C=C)C1. The molecule has 1 aliphatic rings. The van der Waals surface area contributed by atoms with Crippen molar-refractivity contribution in [3.63, 3.8) is 0 Å². The first-order valence-electron chi connectivity index (χ1n) is 8.63. The molecule has 0 nitrogen and oxygen atoms in total. The molecule has 0 N–H and O–H groups in total. The van der Waals surface area contributed by atoms with Crippen LogP contribution in [0.2, 0.25) is 0 Å². The maximum absolute atomic E-state index is 3.86. The Morgan fingerprint density at radius 1 is 1.14 bits per heavy atom. The van der Waals surface area contributed by atoms with E-state index in [4.69, 9.17) is 0 Å². The van der Waals surface area contributed by atoms with E-state index in [0.29, 0.717) is 5.92 Å². The van der Waals surface area contributed by atoms with E-state index in [1.54, 1.807) is 0 Å². The lowest BCUT2D eigenvalue weighted by Gasteiger charge is -2.44. The second kappa shape index (κ2) is 8.36. The van der Waals surface area contributed by atoms with Crippen LogP contribution >= 0.6 is 0 Å². The molecule has 122 valence electrons. The van der Waals surface area contributed by atoms with Gasteiger partial charge in [0.2, 0.25) is 0 Å². The summed E-state index contributed by atoms with van der Waals surface area (Å²) >= 11 is 0. The molecule has 0 heteroatoms. The molecule has 0 heterocycles. The van der Waals surface area contributed by atoms with Gasteiger partial charge >= 0.3 is 0 Å². The van der Waals surface area contributed by atoms with Gasteiger partial charge in [0.25, 0.3) is 0 Å². The lowest BCUT2D eigenvalue weighted by Crippen LogP contribution is -2.34. The van der Waals surface area contributed by atoms with E-state index in [0.717, 1.165) is 11.8 Å². The molecule has 0 aromatic carbocycles. The number of hydrogen-bond donors (Lipinski definition) is 0. The van der Waals surface area contributed by atoms with Gasteiger partial charge in [-0.05, 0) is 61.9 Å². The second-order valence-electron chi connectivity index (χ2n) is 7.30. The minimum Gasteiger partial charge on any atom is -0.0991 e. The van der Waals surface area contributed by atoms with Crippen LogP contribution in [0, 0.1) is 23.2 Å². The summed E-state index contributed by atoms with van der Waals surface area (Å²) in [5.41, 5.74) is 3.13. The van der Waals surface area contributed by atoms with Crippen LogP contribution in [-0.4, -0.2) is 0 Å². The zero-order chi connectivity index (χ0) is 16.8. The lowest BCUT2D eigenvalue weighted by atomic mass is 9.61. The molecule has 1 fully saturated rings. The van der Waals surface area contributed by atoms with Crippen molar-refractivity contribution >= 4 is 0 Å². The van der Waals surface area contributed by atoms with E-state index in [9.17, 15) is 0 Å². The van der Waals surface area contributed by atoms with E-state index in [1.165, 1.54) is 30.4 Å². The maximum Gasteiger partial charge on any atom is -0.00784 e. The molecule has 0 bridgehead atoms. The number of rotatable bonds is 6. The summed E-state index contributed by atoms with van der Waals surface area (Å²) in [4.78, 5) is 0. The van der Waals surface area contributed by atoms with Gasteiger partial charge in [-0.2, -0.15) is 0 Å². The van der Waals surface area contributed by atoms with Crippen LogP contribution in [0.5, 0.6) is 0 Å². The van der Waals surface area contributed by atoms with Crippen LogP contribution in [0.4, 0.5) is 0 Å². The van der Waals surface area contributed by atoms with Crippen molar-refractivity contribution in [3.8, 4) is 0 Å². The quantitative estimate of drug-likeness (QED) is 0.468. The highest BCUT2D eigenvalue weighted by molar-refractivity contribution is 5.28. The average molecular weight is 299 g/mol. The molecule has 0 spiro atoms. The van der Waals surface area contributed by atoms with Crippen LogP contribution in [0.25, 0.3) is 0 Å². The van der Waals surface area contributed by atoms with Gasteiger partial charge < -0.3 is 0 Å². The van der Waals surface area contributed by atoms with Crippen molar-refractivity contribution in [2.45, 2.75) is 53.9 Å². The fraction of sp³-hybridized carbons (Fsp3) is 0.545. The third-order valence-corrected chi connectivity index (χ3v) is 5.65. The summed E-state index contributed by atoms with van der Waals surface area (Å²) in [6.07, 6.45) is 16.5. The highest BCUT2D eigenvalue weighted by Gasteiger charge is 2.38. The van der Waals surface area contributed by atoms with Gasteiger partial charge in [-0.1, -0.05) is 76.0 Å². The van der Waals surface area contributed by atoms with Crippen molar-refractivity contribution < 1.29 is 0 Å². The monoisotopic (exact) mass is 298 g/mol. The van der Waals surface area contributed by atoms with Crippen molar-refractivity contribution in [1.82, 2.24) is 0 Å². The van der Waals surface area contributed by atoms with Crippen LogP contribution in [-0.2, 0) is 0 Å². The minimum absolute atomic E-state index is 0.209. The highest BCUT2D eigenvalue weighted by Crippen LogP contribution is 2.48. The van der Waals surface area contributed by atoms with Crippen molar-refractivity contribution in [1.29, 1.82) is 0 Å². The maximum atomic E-state index is 3.86. The third kappa shape index (κ3) is 4.35. The smallest absolute Gasteiger partial charge is 0.00784 e. The molecule has 0 aromatic rings. The molecule has 1 rings (SSSR count). The Balaban J connectivity index is 3.00. The van der Waals surface area contributed by atoms with E-state index < -0.39 is 0 Å². The predicted molar refractivity (Wildman–Crippen MR) is 101 cm³/mol. The van der Waals surface area contributed by atoms with Gasteiger partial charge in [-0.25, -0.2) is 0 Å². The van der Waals surface area contributed by atoms with Crippen LogP contribution in [0.3, 0.4) is 0 Å². The van der Waals surface area contributed by atoms with Crippen molar-refractivity contribution in [2.75, 3.05) is 0 Å². The molecule has 1 saturated carbocycles. The van der Waals surface area contributed by atoms with E-state index in [1.807, 2.05) is 12.2 Å². The van der Waals surface area contributed by atoms with E-state index >= 15 is 0 Å². The average Bonchev–Trinajstić information content (AvgIpc) is 2.48. The summed E-state index contributed by atoms with van der Waals surface area (Å²) in [5.74, 6) is 2.20. The molecule has 0 aliphatic heterocycles. The molecular weight excluding hydrogens is 264 g/mol. The molecule has 0 aromatic heterocycles. The number of allylic oxidation sites excluding steroid dienone is 8. The van der Waals surface area contributed by atoms with Crippen LogP contribution in [0.1, 0.15) is 53.9 Å². The molecule has 0 radical (unpaired) electrons. The summed E-state index contributed by atoms with van der Waals surface area (Å²) in [6.45, 7) is 19.3. The molecule has 0 saturated heterocycles. The molecule has 0 amide bonds. The predicted octanol–water partition coefficient (Wildman–Crippen LogP) is 6.89. The summed E-state index contributed by atoms with van der Waals surface area (Å²) < 4.78 is 0. The first-order valence-corrected chi connectivity index (χ1v) is 8.63. The van der Waals surface area contributed by atoms with Gasteiger partial charge in [0.15, 0.2) is 0 Å². The Bertz CT molecular complexity index is 470. The Labute approximate surface area is 138 Å². The van der Waals surface area contributed by atoms with Gasteiger partial charge in [-0.3, -0.25) is 0 Å². The number of hydrogen-bond acceptors (Lipinski definition) is 0. The molecule has 22 heavy (non-hydrogen) atoms. The summed E-state index contributed by atoms with van der Waals surface area (Å²) in [6, 6.07) is 0. The Kier molecular flexibility index (Phi) is 7.13. The van der Waals surface area contributed by atoms with Crippen LogP contribution in [0.15, 0.2) is 60.8 Å². The second-order valence-corrected chi connectivity index (χ2v) is 7.30. The standard InChI is InChI=1S/C22H34/c1-8-11-13-19(10-3)22(6,7)20-15-14-18(5)21(16-20)17(4)12-9-2/h8-13,18,20-21H,1-2,14-16H2,3-7H3/b13-11-,17-12+,19-10+. The largest absolute Gasteiger partial charge is 0.0991 e. The minimum atomic E-state index is 0.209. The molecular formula is C22H34. The normalized spacial score (nSPS) is 28.0. The summed E-state index contributed by atoms with van der Waals surface area (Å²) in [5, 5.41) is 0. The third-order valence-electron chi connectivity index (χ3n) is 5.65. The first kappa shape index (κ1) is 18.7.